The number of nitrogens with zero attached hydrogens (tertiary/aromatic N) is 1. The highest BCUT2D eigenvalue weighted by atomic mass is 16.1. The van der Waals surface area contributed by atoms with Crippen LogP contribution in [0.3, 0.4) is 0 Å². The minimum absolute atomic E-state index is 0.129. The third-order valence-corrected chi connectivity index (χ3v) is 2.52. The van der Waals surface area contributed by atoms with Crippen molar-refractivity contribution < 1.29 is 4.79 Å². The second kappa shape index (κ2) is 4.91. The summed E-state index contributed by atoms with van der Waals surface area (Å²) in [7, 11) is 1.97. The standard InChI is InChI=1S/C12H17NO/c1-10(2)13(3)12(9-14)11-7-5-4-6-8-11/h4-10,12H,1-3H3. The Morgan fingerprint density at radius 2 is 1.79 bits per heavy atom. The summed E-state index contributed by atoms with van der Waals surface area (Å²) >= 11 is 0. The minimum atomic E-state index is -0.129. The SMILES string of the molecule is CC(C)N(C)C(C=O)c1ccccc1. The van der Waals surface area contributed by atoms with Crippen LogP contribution < -0.4 is 0 Å². The van der Waals surface area contributed by atoms with Crippen molar-refractivity contribution in [1.29, 1.82) is 0 Å². The number of rotatable bonds is 4. The van der Waals surface area contributed by atoms with Gasteiger partial charge in [0.05, 0.1) is 6.04 Å². The first-order valence-electron chi connectivity index (χ1n) is 4.89. The van der Waals surface area contributed by atoms with E-state index in [1.165, 1.54) is 0 Å². The Bertz CT molecular complexity index is 282. The Balaban J connectivity index is 2.88. The van der Waals surface area contributed by atoms with Gasteiger partial charge in [-0.25, -0.2) is 0 Å². The quantitative estimate of drug-likeness (QED) is 0.680. The zero-order valence-electron chi connectivity index (χ0n) is 8.97. The predicted molar refractivity (Wildman–Crippen MR) is 58.1 cm³/mol. The van der Waals surface area contributed by atoms with Gasteiger partial charge >= 0.3 is 0 Å². The molecule has 1 aromatic carbocycles. The van der Waals surface area contributed by atoms with Crippen LogP contribution in [0.15, 0.2) is 30.3 Å². The second-order valence-electron chi connectivity index (χ2n) is 3.75. The summed E-state index contributed by atoms with van der Waals surface area (Å²) in [5, 5.41) is 0. The number of hydrogen-bond acceptors (Lipinski definition) is 2. The van der Waals surface area contributed by atoms with Gasteiger partial charge in [0.15, 0.2) is 0 Å². The van der Waals surface area contributed by atoms with Gasteiger partial charge in [-0.3, -0.25) is 4.90 Å². The zero-order chi connectivity index (χ0) is 10.6. The maximum Gasteiger partial charge on any atom is 0.141 e. The summed E-state index contributed by atoms with van der Waals surface area (Å²) in [5.41, 5.74) is 1.05. The number of carbonyl (C=O) groups is 1. The number of aldehydes is 1. The first kappa shape index (κ1) is 10.9. The highest BCUT2D eigenvalue weighted by molar-refractivity contribution is 5.61. The third-order valence-electron chi connectivity index (χ3n) is 2.52. The lowest BCUT2D eigenvalue weighted by Gasteiger charge is -2.27. The predicted octanol–water partition coefficient (Wildman–Crippen LogP) is 2.27. The van der Waals surface area contributed by atoms with Crippen LogP contribution >= 0.6 is 0 Å². The van der Waals surface area contributed by atoms with Crippen LogP contribution in [-0.2, 0) is 4.79 Å². The molecule has 14 heavy (non-hydrogen) atoms. The van der Waals surface area contributed by atoms with Crippen molar-refractivity contribution in [2.45, 2.75) is 25.9 Å². The summed E-state index contributed by atoms with van der Waals surface area (Å²) in [6.45, 7) is 4.17. The molecule has 0 bridgehead atoms. The molecular formula is C12H17NO. The molecule has 0 saturated carbocycles. The molecule has 0 fully saturated rings. The van der Waals surface area contributed by atoms with Crippen molar-refractivity contribution in [1.82, 2.24) is 4.90 Å². The number of likely N-dealkylation sites (N-methyl/N-ethyl adjacent to an activating group) is 1. The van der Waals surface area contributed by atoms with Crippen LogP contribution in [0, 0.1) is 0 Å². The highest BCUT2D eigenvalue weighted by Gasteiger charge is 2.17. The Labute approximate surface area is 85.5 Å². The van der Waals surface area contributed by atoms with Crippen molar-refractivity contribution in [2.75, 3.05) is 7.05 Å². The lowest BCUT2D eigenvalue weighted by molar-refractivity contribution is -0.112. The normalized spacial score (nSPS) is 13.2. The molecule has 76 valence electrons. The van der Waals surface area contributed by atoms with Gasteiger partial charge in [-0.05, 0) is 26.5 Å². The molecule has 0 aromatic heterocycles. The van der Waals surface area contributed by atoms with E-state index in [-0.39, 0.29) is 6.04 Å². The molecular weight excluding hydrogens is 174 g/mol. The van der Waals surface area contributed by atoms with Gasteiger partial charge in [-0.2, -0.15) is 0 Å². The lowest BCUT2D eigenvalue weighted by atomic mass is 10.1. The van der Waals surface area contributed by atoms with E-state index < -0.39 is 0 Å². The summed E-state index contributed by atoms with van der Waals surface area (Å²) in [5.74, 6) is 0. The Kier molecular flexibility index (Phi) is 3.84. The second-order valence-corrected chi connectivity index (χ2v) is 3.75. The maximum atomic E-state index is 11.0. The van der Waals surface area contributed by atoms with Gasteiger partial charge in [0.2, 0.25) is 0 Å². The fourth-order valence-corrected chi connectivity index (χ4v) is 1.38. The number of benzene rings is 1. The monoisotopic (exact) mass is 191 g/mol. The molecule has 0 heterocycles. The molecule has 0 N–H and O–H groups in total. The maximum absolute atomic E-state index is 11.0. The van der Waals surface area contributed by atoms with Gasteiger partial charge in [-0.15, -0.1) is 0 Å². The van der Waals surface area contributed by atoms with Crippen LogP contribution in [0.4, 0.5) is 0 Å². The number of carbonyl (C=O) groups excluding carboxylic acids is 1. The topological polar surface area (TPSA) is 20.3 Å². The van der Waals surface area contributed by atoms with Gasteiger partial charge < -0.3 is 4.79 Å². The average Bonchev–Trinajstić information content (AvgIpc) is 2.20. The molecule has 1 atom stereocenters. The largest absolute Gasteiger partial charge is 0.301 e. The minimum Gasteiger partial charge on any atom is -0.301 e. The van der Waals surface area contributed by atoms with E-state index in [4.69, 9.17) is 0 Å². The van der Waals surface area contributed by atoms with Crippen LogP contribution in [0.2, 0.25) is 0 Å². The first-order valence-corrected chi connectivity index (χ1v) is 4.89. The van der Waals surface area contributed by atoms with E-state index >= 15 is 0 Å². The highest BCUT2D eigenvalue weighted by Crippen LogP contribution is 2.18. The van der Waals surface area contributed by atoms with Crippen LogP contribution in [-0.4, -0.2) is 24.3 Å². The van der Waals surface area contributed by atoms with Gasteiger partial charge in [0, 0.05) is 6.04 Å². The summed E-state index contributed by atoms with van der Waals surface area (Å²) < 4.78 is 0. The zero-order valence-corrected chi connectivity index (χ0v) is 8.97. The van der Waals surface area contributed by atoms with Gasteiger partial charge in [0.1, 0.15) is 6.29 Å². The van der Waals surface area contributed by atoms with E-state index in [9.17, 15) is 4.79 Å². The van der Waals surface area contributed by atoms with Crippen LogP contribution in [0.1, 0.15) is 25.5 Å². The van der Waals surface area contributed by atoms with Crippen molar-refractivity contribution >= 4 is 6.29 Å². The van der Waals surface area contributed by atoms with Crippen molar-refractivity contribution in [3.05, 3.63) is 35.9 Å². The molecule has 0 aliphatic rings. The van der Waals surface area contributed by atoms with E-state index in [1.807, 2.05) is 37.4 Å². The third kappa shape index (κ3) is 2.42. The molecule has 2 heteroatoms. The van der Waals surface area contributed by atoms with Gasteiger partial charge in [-0.1, -0.05) is 30.3 Å². The Morgan fingerprint density at radius 1 is 1.21 bits per heavy atom. The lowest BCUT2D eigenvalue weighted by Crippen LogP contribution is -2.31. The van der Waals surface area contributed by atoms with Crippen LogP contribution in [0.25, 0.3) is 0 Å². The first-order chi connectivity index (χ1) is 6.66. The van der Waals surface area contributed by atoms with E-state index in [2.05, 4.69) is 18.7 Å². The Morgan fingerprint density at radius 3 is 2.21 bits per heavy atom. The average molecular weight is 191 g/mol. The molecule has 1 rings (SSSR count). The molecule has 0 saturated heterocycles. The van der Waals surface area contributed by atoms with E-state index in [1.54, 1.807) is 0 Å². The summed E-state index contributed by atoms with van der Waals surface area (Å²) in [6, 6.07) is 10.1. The smallest absolute Gasteiger partial charge is 0.141 e. The van der Waals surface area contributed by atoms with E-state index in [0.717, 1.165) is 11.8 Å². The molecule has 0 radical (unpaired) electrons. The molecule has 1 aromatic rings. The molecule has 0 amide bonds. The molecule has 0 aliphatic heterocycles. The fraction of sp³-hybridized carbons (Fsp3) is 0.417. The molecule has 2 nitrogen and oxygen atoms in total. The van der Waals surface area contributed by atoms with E-state index in [0.29, 0.717) is 6.04 Å². The van der Waals surface area contributed by atoms with Crippen molar-refractivity contribution in [3.8, 4) is 0 Å². The fourth-order valence-electron chi connectivity index (χ4n) is 1.38. The van der Waals surface area contributed by atoms with Gasteiger partial charge in [0.25, 0.3) is 0 Å². The van der Waals surface area contributed by atoms with Crippen molar-refractivity contribution in [2.24, 2.45) is 0 Å². The summed E-state index contributed by atoms with van der Waals surface area (Å²) in [6.07, 6.45) is 0.995. The number of hydrogen-bond donors (Lipinski definition) is 0. The molecule has 0 aliphatic carbocycles. The molecule has 1 unspecified atom stereocenters. The Hall–Kier alpha value is -1.15. The summed E-state index contributed by atoms with van der Waals surface area (Å²) in [4.78, 5) is 13.1. The molecule has 0 spiro atoms. The van der Waals surface area contributed by atoms with Crippen LogP contribution in [0.5, 0.6) is 0 Å². The van der Waals surface area contributed by atoms with Crippen molar-refractivity contribution in [3.63, 3.8) is 0 Å².